The summed E-state index contributed by atoms with van der Waals surface area (Å²) in [5, 5.41) is 9.69. The summed E-state index contributed by atoms with van der Waals surface area (Å²) >= 11 is 0. The first kappa shape index (κ1) is 23.5. The van der Waals surface area contributed by atoms with Crippen molar-refractivity contribution in [2.75, 3.05) is 43.5 Å². The van der Waals surface area contributed by atoms with Gasteiger partial charge in [-0.1, -0.05) is 0 Å². The second-order valence-electron chi connectivity index (χ2n) is 8.14. The van der Waals surface area contributed by atoms with Gasteiger partial charge in [-0.3, -0.25) is 14.5 Å². The van der Waals surface area contributed by atoms with Gasteiger partial charge in [0, 0.05) is 43.6 Å². The third kappa shape index (κ3) is 5.83. The number of ether oxygens (including phenoxy) is 1. The predicted octanol–water partition coefficient (Wildman–Crippen LogP) is 2.94. The van der Waals surface area contributed by atoms with Crippen LogP contribution in [0.5, 0.6) is 0 Å². The highest BCUT2D eigenvalue weighted by Gasteiger charge is 2.15. The molecule has 178 valence electrons. The van der Waals surface area contributed by atoms with Crippen molar-refractivity contribution in [1.29, 1.82) is 0 Å². The van der Waals surface area contributed by atoms with Crippen LogP contribution in [0.15, 0.2) is 42.6 Å². The van der Waals surface area contributed by atoms with Crippen molar-refractivity contribution in [2.24, 2.45) is 0 Å². The van der Waals surface area contributed by atoms with Crippen LogP contribution in [-0.2, 0) is 9.53 Å². The number of morpholine rings is 1. The number of benzene rings is 1. The van der Waals surface area contributed by atoms with E-state index in [9.17, 15) is 14.0 Å². The highest BCUT2D eigenvalue weighted by atomic mass is 19.1. The molecule has 1 aliphatic heterocycles. The average molecular weight is 467 g/mol. The van der Waals surface area contributed by atoms with Crippen molar-refractivity contribution in [2.45, 2.75) is 20.3 Å². The number of rotatable bonds is 7. The Bertz CT molecular complexity index is 1170. The molecule has 9 nitrogen and oxygen atoms in total. The summed E-state index contributed by atoms with van der Waals surface area (Å²) in [6.45, 7) is 7.26. The Kier molecular flexibility index (Phi) is 7.29. The largest absolute Gasteiger partial charge is 0.379 e. The van der Waals surface area contributed by atoms with Crippen LogP contribution in [0.4, 0.5) is 15.8 Å². The van der Waals surface area contributed by atoms with E-state index in [0.717, 1.165) is 24.5 Å². The second-order valence-corrected chi connectivity index (χ2v) is 8.14. The number of anilines is 2. The third-order valence-electron chi connectivity index (χ3n) is 5.49. The molecule has 2 N–H and O–H groups in total. The fourth-order valence-electron chi connectivity index (χ4n) is 3.71. The zero-order chi connectivity index (χ0) is 24.1. The Labute approximate surface area is 196 Å². The van der Waals surface area contributed by atoms with Gasteiger partial charge in [0.2, 0.25) is 5.91 Å². The molecule has 10 heteroatoms. The molecule has 1 aromatic carbocycles. The van der Waals surface area contributed by atoms with E-state index in [2.05, 4.69) is 25.6 Å². The van der Waals surface area contributed by atoms with Gasteiger partial charge in [0.05, 0.1) is 30.2 Å². The molecule has 0 radical (unpaired) electrons. The first-order valence-electron chi connectivity index (χ1n) is 11.1. The molecule has 1 fully saturated rings. The van der Waals surface area contributed by atoms with Gasteiger partial charge in [-0.05, 0) is 50.2 Å². The van der Waals surface area contributed by atoms with E-state index >= 15 is 0 Å². The topological polar surface area (TPSA) is 101 Å². The van der Waals surface area contributed by atoms with E-state index in [-0.39, 0.29) is 18.0 Å². The molecule has 1 aliphatic rings. The van der Waals surface area contributed by atoms with E-state index in [1.807, 2.05) is 19.9 Å². The minimum absolute atomic E-state index is 0.0165. The summed E-state index contributed by atoms with van der Waals surface area (Å²) in [4.78, 5) is 31.4. The maximum atomic E-state index is 14.3. The Morgan fingerprint density at radius 2 is 1.88 bits per heavy atom. The standard InChI is InChI=1S/C24H27FN6O3/c1-16-13-17(2)31(29-16)22-6-3-18(15-26-22)24(33)27-19-4-5-20(25)21(14-19)28-23(32)7-8-30-9-11-34-12-10-30/h3-6,13-15H,7-12H2,1-2H3,(H,27,33)(H,28,32). The number of pyridine rings is 1. The van der Waals surface area contributed by atoms with Crippen LogP contribution in [0.2, 0.25) is 0 Å². The number of nitrogens with one attached hydrogen (secondary N) is 2. The Balaban J connectivity index is 1.37. The van der Waals surface area contributed by atoms with Gasteiger partial charge >= 0.3 is 0 Å². The number of aromatic nitrogens is 3. The van der Waals surface area contributed by atoms with Crippen LogP contribution < -0.4 is 10.6 Å². The molecule has 34 heavy (non-hydrogen) atoms. The van der Waals surface area contributed by atoms with Gasteiger partial charge in [-0.15, -0.1) is 0 Å². The lowest BCUT2D eigenvalue weighted by Crippen LogP contribution is -2.38. The van der Waals surface area contributed by atoms with Crippen molar-refractivity contribution in [3.05, 3.63) is 65.4 Å². The number of hydrogen-bond acceptors (Lipinski definition) is 6. The lowest BCUT2D eigenvalue weighted by molar-refractivity contribution is -0.116. The van der Waals surface area contributed by atoms with E-state index < -0.39 is 11.7 Å². The number of carbonyl (C=O) groups excluding carboxylic acids is 2. The summed E-state index contributed by atoms with van der Waals surface area (Å²) in [5.74, 6) is -0.666. The van der Waals surface area contributed by atoms with Gasteiger partial charge in [-0.25, -0.2) is 14.1 Å². The number of aryl methyl sites for hydroxylation is 2. The molecule has 0 spiro atoms. The molecule has 1 saturated heterocycles. The lowest BCUT2D eigenvalue weighted by atomic mass is 10.2. The minimum Gasteiger partial charge on any atom is -0.379 e. The number of hydrogen-bond donors (Lipinski definition) is 2. The fourth-order valence-corrected chi connectivity index (χ4v) is 3.71. The highest BCUT2D eigenvalue weighted by Crippen LogP contribution is 2.21. The molecule has 2 amide bonds. The molecule has 2 aromatic heterocycles. The van der Waals surface area contributed by atoms with Gasteiger partial charge in [0.15, 0.2) is 5.82 Å². The van der Waals surface area contributed by atoms with Gasteiger partial charge in [0.1, 0.15) is 5.82 Å². The smallest absolute Gasteiger partial charge is 0.257 e. The van der Waals surface area contributed by atoms with Crippen molar-refractivity contribution in [3.8, 4) is 5.82 Å². The monoisotopic (exact) mass is 466 g/mol. The van der Waals surface area contributed by atoms with Crippen LogP contribution in [0.1, 0.15) is 28.2 Å². The van der Waals surface area contributed by atoms with E-state index in [1.54, 1.807) is 16.8 Å². The van der Waals surface area contributed by atoms with Gasteiger partial charge in [0.25, 0.3) is 5.91 Å². The van der Waals surface area contributed by atoms with Gasteiger partial charge in [-0.2, -0.15) is 5.10 Å². The molecular weight excluding hydrogens is 439 g/mol. The summed E-state index contributed by atoms with van der Waals surface area (Å²) in [7, 11) is 0. The maximum Gasteiger partial charge on any atom is 0.257 e. The minimum atomic E-state index is -0.575. The lowest BCUT2D eigenvalue weighted by Gasteiger charge is -2.26. The highest BCUT2D eigenvalue weighted by molar-refractivity contribution is 6.04. The van der Waals surface area contributed by atoms with E-state index in [4.69, 9.17) is 4.74 Å². The zero-order valence-corrected chi connectivity index (χ0v) is 19.2. The molecule has 0 atom stereocenters. The molecule has 3 heterocycles. The van der Waals surface area contributed by atoms with Crippen molar-refractivity contribution < 1.29 is 18.7 Å². The molecule has 0 aliphatic carbocycles. The van der Waals surface area contributed by atoms with Crippen LogP contribution in [0.25, 0.3) is 5.82 Å². The number of carbonyl (C=O) groups is 2. The van der Waals surface area contributed by atoms with Crippen molar-refractivity contribution in [1.82, 2.24) is 19.7 Å². The fraction of sp³-hybridized carbons (Fsp3) is 0.333. The van der Waals surface area contributed by atoms with Crippen LogP contribution >= 0.6 is 0 Å². The maximum absolute atomic E-state index is 14.3. The predicted molar refractivity (Wildman–Crippen MR) is 126 cm³/mol. The van der Waals surface area contributed by atoms with E-state index in [0.29, 0.717) is 36.8 Å². The average Bonchev–Trinajstić information content (AvgIpc) is 3.18. The molecule has 0 saturated carbocycles. The first-order chi connectivity index (χ1) is 16.4. The molecule has 0 bridgehead atoms. The zero-order valence-electron chi connectivity index (χ0n) is 19.2. The van der Waals surface area contributed by atoms with Crippen molar-refractivity contribution >= 4 is 23.2 Å². The molecule has 4 rings (SSSR count). The number of amides is 2. The summed E-state index contributed by atoms with van der Waals surface area (Å²) in [6, 6.07) is 9.34. The first-order valence-corrected chi connectivity index (χ1v) is 11.1. The molecule has 3 aromatic rings. The van der Waals surface area contributed by atoms with Crippen LogP contribution in [-0.4, -0.2) is 64.3 Å². The normalized spacial score (nSPS) is 14.1. The van der Waals surface area contributed by atoms with Crippen LogP contribution in [0, 0.1) is 19.7 Å². The number of nitrogens with zero attached hydrogens (tertiary/aromatic N) is 4. The summed E-state index contributed by atoms with van der Waals surface area (Å²) in [5.41, 5.74) is 2.53. The summed E-state index contributed by atoms with van der Waals surface area (Å²) < 4.78 is 21.2. The van der Waals surface area contributed by atoms with Crippen molar-refractivity contribution in [3.63, 3.8) is 0 Å². The number of halogens is 1. The Hall–Kier alpha value is -3.63. The van der Waals surface area contributed by atoms with Crippen LogP contribution in [0.3, 0.4) is 0 Å². The van der Waals surface area contributed by atoms with Gasteiger partial charge < -0.3 is 15.4 Å². The summed E-state index contributed by atoms with van der Waals surface area (Å²) in [6.07, 6.45) is 1.70. The molecular formula is C24H27FN6O3. The third-order valence-corrected chi connectivity index (χ3v) is 5.49. The quantitative estimate of drug-likeness (QED) is 0.555. The van der Waals surface area contributed by atoms with E-state index in [1.165, 1.54) is 24.4 Å². The SMILES string of the molecule is Cc1cc(C)n(-c2ccc(C(=O)Nc3ccc(F)c(NC(=O)CCN4CCOCC4)c3)cn2)n1. The molecule has 0 unspecified atom stereocenters. The Morgan fingerprint density at radius 3 is 2.56 bits per heavy atom. The second kappa shape index (κ2) is 10.5. The Morgan fingerprint density at radius 1 is 1.09 bits per heavy atom.